The number of amides is 1. The van der Waals surface area contributed by atoms with Crippen LogP contribution in [0.15, 0.2) is 5.11 Å². The van der Waals surface area contributed by atoms with Crippen LogP contribution in [0.4, 0.5) is 0 Å². The van der Waals surface area contributed by atoms with E-state index in [2.05, 4.69) is 10.0 Å². The van der Waals surface area contributed by atoms with Crippen LogP contribution < -0.4 is 5.73 Å². The lowest BCUT2D eigenvalue weighted by atomic mass is 9.93. The Balaban J connectivity index is 3.41. The van der Waals surface area contributed by atoms with Gasteiger partial charge in [-0.15, -0.1) is 0 Å². The van der Waals surface area contributed by atoms with Crippen LogP contribution in [0.25, 0.3) is 10.4 Å². The molecule has 2 N–H and O–H groups in total. The fourth-order valence-corrected chi connectivity index (χ4v) is 2.19. The number of ether oxygens (including phenoxy) is 4. The first-order valence-electron chi connectivity index (χ1n) is 6.65. The van der Waals surface area contributed by atoms with Crippen LogP contribution in [0.3, 0.4) is 0 Å². The van der Waals surface area contributed by atoms with Gasteiger partial charge >= 0.3 is 17.9 Å². The third-order valence-corrected chi connectivity index (χ3v) is 2.98. The molecular weight excluding hydrogens is 328 g/mol. The Kier molecular flexibility index (Phi) is 6.09. The summed E-state index contributed by atoms with van der Waals surface area (Å²) >= 11 is 0. The van der Waals surface area contributed by atoms with Crippen molar-refractivity contribution >= 4 is 23.8 Å². The van der Waals surface area contributed by atoms with E-state index in [9.17, 15) is 19.2 Å². The molecule has 0 aliphatic carbocycles. The number of primary amides is 1. The van der Waals surface area contributed by atoms with Crippen molar-refractivity contribution in [3.8, 4) is 0 Å². The number of hydrogen-bond donors (Lipinski definition) is 1. The fourth-order valence-electron chi connectivity index (χ4n) is 2.19. The van der Waals surface area contributed by atoms with Gasteiger partial charge in [-0.2, -0.15) is 0 Å². The van der Waals surface area contributed by atoms with Crippen molar-refractivity contribution in [3.05, 3.63) is 10.4 Å². The molecule has 0 aromatic rings. The normalized spacial score (nSPS) is 28.9. The van der Waals surface area contributed by atoms with Gasteiger partial charge in [0.1, 0.15) is 0 Å². The summed E-state index contributed by atoms with van der Waals surface area (Å²) in [6.07, 6.45) is -4.43. The largest absolute Gasteiger partial charge is 0.456 e. The second kappa shape index (κ2) is 7.62. The van der Waals surface area contributed by atoms with Crippen molar-refractivity contribution in [1.29, 1.82) is 0 Å². The van der Waals surface area contributed by atoms with E-state index in [-0.39, 0.29) is 0 Å². The molecule has 0 aromatic heterocycles. The third-order valence-electron chi connectivity index (χ3n) is 2.98. The van der Waals surface area contributed by atoms with E-state index in [1.54, 1.807) is 0 Å². The average Bonchev–Trinajstić information content (AvgIpc) is 2.43. The molecule has 12 heteroatoms. The highest BCUT2D eigenvalue weighted by Gasteiger charge is 2.59. The summed E-state index contributed by atoms with van der Waals surface area (Å²) < 4.78 is 20.1. The Labute approximate surface area is 135 Å². The van der Waals surface area contributed by atoms with Crippen molar-refractivity contribution in [2.45, 2.75) is 44.8 Å². The average molecular weight is 344 g/mol. The van der Waals surface area contributed by atoms with Crippen molar-refractivity contribution in [2.75, 3.05) is 6.61 Å². The van der Waals surface area contributed by atoms with Crippen LogP contribution in [0.1, 0.15) is 20.8 Å². The summed E-state index contributed by atoms with van der Waals surface area (Å²) in [5.41, 5.74) is 11.5. The Morgan fingerprint density at radius 3 is 2.08 bits per heavy atom. The van der Waals surface area contributed by atoms with Crippen molar-refractivity contribution in [2.24, 2.45) is 10.8 Å². The second-order valence-electron chi connectivity index (χ2n) is 4.81. The van der Waals surface area contributed by atoms with Gasteiger partial charge in [0.05, 0.1) is 6.61 Å². The van der Waals surface area contributed by atoms with Crippen LogP contribution >= 0.6 is 0 Å². The minimum absolute atomic E-state index is 0.489. The molecule has 1 aliphatic heterocycles. The number of rotatable bonds is 5. The van der Waals surface area contributed by atoms with E-state index in [1.165, 1.54) is 0 Å². The van der Waals surface area contributed by atoms with Gasteiger partial charge in [-0.3, -0.25) is 19.2 Å². The second-order valence-corrected chi connectivity index (χ2v) is 4.81. The van der Waals surface area contributed by atoms with Crippen LogP contribution in [0.5, 0.6) is 0 Å². The van der Waals surface area contributed by atoms with Crippen molar-refractivity contribution < 1.29 is 38.1 Å². The molecule has 1 amide bonds. The van der Waals surface area contributed by atoms with Gasteiger partial charge in [-0.1, -0.05) is 0 Å². The first-order valence-corrected chi connectivity index (χ1v) is 6.65. The predicted molar refractivity (Wildman–Crippen MR) is 73.7 cm³/mol. The molecule has 0 unspecified atom stereocenters. The van der Waals surface area contributed by atoms with Crippen LogP contribution in [-0.4, -0.2) is 54.5 Å². The summed E-state index contributed by atoms with van der Waals surface area (Å²) in [5, 5.41) is 3.20. The molecule has 12 nitrogen and oxygen atoms in total. The lowest BCUT2D eigenvalue weighted by Gasteiger charge is -2.44. The van der Waals surface area contributed by atoms with Gasteiger partial charge in [0.25, 0.3) is 11.6 Å². The smallest absolute Gasteiger partial charge is 0.303 e. The lowest BCUT2D eigenvalue weighted by Crippen LogP contribution is -2.67. The molecule has 4 atom stereocenters. The zero-order valence-electron chi connectivity index (χ0n) is 13.1. The molecule has 0 bridgehead atoms. The molecular formula is C12H16N4O8. The first-order chi connectivity index (χ1) is 11.1. The highest BCUT2D eigenvalue weighted by atomic mass is 16.7. The summed E-state index contributed by atoms with van der Waals surface area (Å²) in [6, 6.07) is 0. The van der Waals surface area contributed by atoms with Gasteiger partial charge in [-0.05, 0) is 10.6 Å². The van der Waals surface area contributed by atoms with E-state index in [4.69, 9.17) is 30.2 Å². The topological polar surface area (TPSA) is 180 Å². The fraction of sp³-hybridized carbons (Fsp3) is 0.667. The Bertz CT molecular complexity index is 598. The first kappa shape index (κ1) is 19.2. The number of hydrogen-bond acceptors (Lipinski definition) is 9. The molecule has 1 rings (SSSR count). The summed E-state index contributed by atoms with van der Waals surface area (Å²) in [6.45, 7) is 2.65. The summed E-state index contributed by atoms with van der Waals surface area (Å²) in [4.78, 5) is 48.2. The number of carbonyl (C=O) groups excluding carboxylic acids is 4. The molecule has 132 valence electrons. The maximum atomic E-state index is 11.8. The highest BCUT2D eigenvalue weighted by Crippen LogP contribution is 2.33. The SMILES string of the molecule is CC(=O)O[C@@H]1[C@H](OC(C)=O)CO[C@](N=[N+]=[N-])(C(N)=O)[C@H]1OC(C)=O. The van der Waals surface area contributed by atoms with E-state index >= 15 is 0 Å². The van der Waals surface area contributed by atoms with Gasteiger partial charge in [0.2, 0.25) is 0 Å². The Hall–Kier alpha value is -2.85. The number of nitrogens with zero attached hydrogens (tertiary/aromatic N) is 3. The maximum absolute atomic E-state index is 11.8. The van der Waals surface area contributed by atoms with E-state index in [0.717, 1.165) is 20.8 Å². The number of carbonyl (C=O) groups is 4. The zero-order chi connectivity index (χ0) is 18.5. The van der Waals surface area contributed by atoms with Gasteiger partial charge in [-0.25, -0.2) is 0 Å². The monoisotopic (exact) mass is 344 g/mol. The molecule has 1 saturated heterocycles. The zero-order valence-corrected chi connectivity index (χ0v) is 13.1. The third kappa shape index (κ3) is 4.12. The van der Waals surface area contributed by atoms with Gasteiger partial charge < -0.3 is 24.7 Å². The molecule has 0 aromatic carbocycles. The predicted octanol–water partition coefficient (Wildman–Crippen LogP) is -0.696. The minimum atomic E-state index is -2.46. The molecule has 1 fully saturated rings. The van der Waals surface area contributed by atoms with Crippen LogP contribution in [-0.2, 0) is 38.1 Å². The molecule has 0 saturated carbocycles. The van der Waals surface area contributed by atoms with Crippen molar-refractivity contribution in [1.82, 2.24) is 0 Å². The van der Waals surface area contributed by atoms with Crippen LogP contribution in [0, 0.1) is 0 Å². The minimum Gasteiger partial charge on any atom is -0.456 e. The van der Waals surface area contributed by atoms with E-state index in [0.29, 0.717) is 0 Å². The highest BCUT2D eigenvalue weighted by molar-refractivity contribution is 5.85. The molecule has 1 heterocycles. The molecule has 0 spiro atoms. The number of esters is 3. The number of azide groups is 1. The van der Waals surface area contributed by atoms with E-state index < -0.39 is 54.5 Å². The summed E-state index contributed by atoms with van der Waals surface area (Å²) in [7, 11) is 0. The Morgan fingerprint density at radius 2 is 1.67 bits per heavy atom. The molecule has 1 aliphatic rings. The van der Waals surface area contributed by atoms with Crippen LogP contribution in [0.2, 0.25) is 0 Å². The van der Waals surface area contributed by atoms with E-state index in [1.807, 2.05) is 0 Å². The standard InChI is InChI=1S/C12H16N4O8/c1-5(17)22-8-4-21-12(11(13)20,15-16-14)10(24-7(3)19)9(8)23-6(2)18/h8-10H,4H2,1-3H3,(H2,13,20)/t8-,9-,10+,12+/m1/s1. The van der Waals surface area contributed by atoms with Crippen molar-refractivity contribution in [3.63, 3.8) is 0 Å². The Morgan fingerprint density at radius 1 is 1.12 bits per heavy atom. The van der Waals surface area contributed by atoms with Gasteiger partial charge in [0, 0.05) is 25.7 Å². The summed E-state index contributed by atoms with van der Waals surface area (Å²) in [5.74, 6) is -3.74. The lowest BCUT2D eigenvalue weighted by molar-refractivity contribution is -0.248. The maximum Gasteiger partial charge on any atom is 0.303 e. The quantitative estimate of drug-likeness (QED) is 0.223. The number of nitrogens with two attached hydrogens (primary N) is 1. The molecule has 24 heavy (non-hydrogen) atoms. The molecule has 0 radical (unpaired) electrons. The van der Waals surface area contributed by atoms with Gasteiger partial charge in [0.15, 0.2) is 18.3 Å².